The maximum Gasteiger partial charge on any atom is 0.304 e. The number of nitrogen functional groups attached to an aromatic ring is 1. The topological polar surface area (TPSA) is 127 Å². The number of rotatable bonds is 8. The molecule has 1 atom stereocenters. The molecule has 2 aromatic rings. The lowest BCUT2D eigenvalue weighted by molar-refractivity contribution is -0.141. The van der Waals surface area contributed by atoms with Crippen LogP contribution in [0.5, 0.6) is 5.75 Å². The second kappa shape index (κ2) is 9.07. The number of carboxylic acids is 1. The second-order valence-corrected chi connectivity index (χ2v) is 6.75. The molecule has 2 heterocycles. The zero-order valence-electron chi connectivity index (χ0n) is 15.5. The lowest BCUT2D eigenvalue weighted by atomic mass is 9.94. The highest BCUT2D eigenvalue weighted by molar-refractivity contribution is 5.84. The molecule has 1 aliphatic rings. The summed E-state index contributed by atoms with van der Waals surface area (Å²) in [6.45, 7) is 1.61. The van der Waals surface area contributed by atoms with Gasteiger partial charge in [0.15, 0.2) is 0 Å². The number of hydrogen-bond acceptors (Lipinski definition) is 6. The molecule has 1 aliphatic heterocycles. The Morgan fingerprint density at radius 1 is 1.32 bits per heavy atom. The summed E-state index contributed by atoms with van der Waals surface area (Å²) >= 11 is 0. The number of fused-ring (bicyclic) bond motifs is 1. The highest BCUT2D eigenvalue weighted by Gasteiger charge is 2.26. The zero-order valence-corrected chi connectivity index (χ0v) is 15.5. The number of aliphatic carboxylic acids is 1. The number of pyridine rings is 1. The molecule has 5 N–H and O–H groups in total. The van der Waals surface area contributed by atoms with Crippen molar-refractivity contribution in [2.75, 3.05) is 24.2 Å². The van der Waals surface area contributed by atoms with Gasteiger partial charge in [0, 0.05) is 31.0 Å². The fourth-order valence-corrected chi connectivity index (χ4v) is 3.14. The Kier molecular flexibility index (Phi) is 6.31. The molecule has 28 heavy (non-hydrogen) atoms. The third-order valence-electron chi connectivity index (χ3n) is 4.57. The predicted molar refractivity (Wildman–Crippen MR) is 105 cm³/mol. The molecule has 0 unspecified atom stereocenters. The molecule has 0 aliphatic carbocycles. The molecule has 1 amide bonds. The van der Waals surface area contributed by atoms with Crippen molar-refractivity contribution in [1.29, 1.82) is 0 Å². The summed E-state index contributed by atoms with van der Waals surface area (Å²) < 4.78 is 5.80. The summed E-state index contributed by atoms with van der Waals surface area (Å²) in [6, 6.07) is 9.19. The van der Waals surface area contributed by atoms with E-state index in [0.717, 1.165) is 29.1 Å². The van der Waals surface area contributed by atoms with Crippen molar-refractivity contribution in [3.05, 3.63) is 47.7 Å². The minimum absolute atomic E-state index is 0.168. The van der Waals surface area contributed by atoms with E-state index in [4.69, 9.17) is 15.6 Å². The molecule has 0 spiro atoms. The lowest BCUT2D eigenvalue weighted by Gasteiger charge is -2.12. The van der Waals surface area contributed by atoms with E-state index in [2.05, 4.69) is 15.6 Å². The predicted octanol–water partition coefficient (Wildman–Crippen LogP) is 1.81. The van der Waals surface area contributed by atoms with E-state index in [-0.39, 0.29) is 12.3 Å². The number of amides is 1. The van der Waals surface area contributed by atoms with E-state index in [0.29, 0.717) is 31.8 Å². The summed E-state index contributed by atoms with van der Waals surface area (Å²) in [5, 5.41) is 15.0. The van der Waals surface area contributed by atoms with Crippen LogP contribution in [0.15, 0.2) is 36.5 Å². The summed E-state index contributed by atoms with van der Waals surface area (Å²) in [7, 11) is 0. The molecule has 1 aromatic heterocycles. The van der Waals surface area contributed by atoms with Crippen LogP contribution >= 0.6 is 0 Å². The van der Waals surface area contributed by atoms with Gasteiger partial charge in [0.1, 0.15) is 11.6 Å². The number of benzene rings is 1. The number of nitrogens with zero attached hydrogens (tertiary/aromatic N) is 1. The highest BCUT2D eigenvalue weighted by Crippen LogP contribution is 2.24. The molecule has 0 bridgehead atoms. The van der Waals surface area contributed by atoms with Crippen LogP contribution in [0.2, 0.25) is 0 Å². The van der Waals surface area contributed by atoms with Crippen molar-refractivity contribution in [2.24, 2.45) is 5.92 Å². The van der Waals surface area contributed by atoms with Gasteiger partial charge in [-0.1, -0.05) is 6.07 Å². The van der Waals surface area contributed by atoms with Gasteiger partial charge in [-0.05, 0) is 42.2 Å². The average Bonchev–Trinajstić information content (AvgIpc) is 2.80. The van der Waals surface area contributed by atoms with E-state index in [1.54, 1.807) is 18.3 Å². The van der Waals surface area contributed by atoms with E-state index in [9.17, 15) is 9.59 Å². The van der Waals surface area contributed by atoms with Gasteiger partial charge in [0.25, 0.3) is 0 Å². The second-order valence-electron chi connectivity index (χ2n) is 6.75. The largest absolute Gasteiger partial charge is 0.494 e. The Bertz CT molecular complexity index is 856. The third-order valence-corrected chi connectivity index (χ3v) is 4.57. The van der Waals surface area contributed by atoms with Crippen molar-refractivity contribution in [1.82, 2.24) is 10.3 Å². The van der Waals surface area contributed by atoms with Crippen molar-refractivity contribution in [3.8, 4) is 5.75 Å². The number of carboxylic acid groups (broad SMARTS) is 1. The Labute approximate surface area is 163 Å². The lowest BCUT2D eigenvalue weighted by Crippen LogP contribution is -2.30. The Balaban J connectivity index is 1.50. The first-order valence-electron chi connectivity index (χ1n) is 9.21. The van der Waals surface area contributed by atoms with Crippen molar-refractivity contribution < 1.29 is 19.4 Å². The third kappa shape index (κ3) is 5.35. The average molecular weight is 384 g/mol. The molecular formula is C20H24N4O4. The number of nitrogens with two attached hydrogens (primary N) is 1. The van der Waals surface area contributed by atoms with E-state index in [1.807, 2.05) is 18.2 Å². The first kappa shape index (κ1) is 19.5. The van der Waals surface area contributed by atoms with Crippen LogP contribution < -0.4 is 21.1 Å². The molecule has 3 rings (SSSR count). The number of aromatic nitrogens is 1. The van der Waals surface area contributed by atoms with Gasteiger partial charge in [0.05, 0.1) is 18.9 Å². The first-order valence-corrected chi connectivity index (χ1v) is 9.21. The van der Waals surface area contributed by atoms with Gasteiger partial charge in [0.2, 0.25) is 5.91 Å². The smallest absolute Gasteiger partial charge is 0.304 e. The molecule has 0 saturated heterocycles. The Hall–Kier alpha value is -3.29. The fraction of sp³-hybridized carbons (Fsp3) is 0.350. The quantitative estimate of drug-likeness (QED) is 0.511. The molecular weight excluding hydrogens is 360 g/mol. The highest BCUT2D eigenvalue weighted by atomic mass is 16.5. The molecule has 0 saturated carbocycles. The number of hydrogen-bond donors (Lipinski definition) is 4. The molecule has 0 fully saturated rings. The summed E-state index contributed by atoms with van der Waals surface area (Å²) in [5.74, 6) is -0.270. The summed E-state index contributed by atoms with van der Waals surface area (Å²) in [4.78, 5) is 27.2. The standard InChI is InChI=1S/C20H24N4O4/c21-16-4-6-23-18(11-16)22-5-1-7-28-17-3-2-13-8-14(10-19(25)26)20(27)24-12-15(13)9-17/h2-4,6,9,11,14H,1,5,7-8,10,12H2,(H,24,27)(H,25,26)(H3,21,22,23)/t14-/m1/s1. The minimum atomic E-state index is -0.967. The van der Waals surface area contributed by atoms with Gasteiger partial charge in [-0.2, -0.15) is 0 Å². The van der Waals surface area contributed by atoms with Crippen LogP contribution in [0.1, 0.15) is 24.0 Å². The Morgan fingerprint density at radius 3 is 2.96 bits per heavy atom. The maximum absolute atomic E-state index is 12.1. The number of carbonyl (C=O) groups excluding carboxylic acids is 1. The van der Waals surface area contributed by atoms with Crippen LogP contribution in [-0.4, -0.2) is 35.1 Å². The van der Waals surface area contributed by atoms with Crippen molar-refractivity contribution in [2.45, 2.75) is 25.8 Å². The normalized spacial score (nSPS) is 15.9. The van der Waals surface area contributed by atoms with Gasteiger partial charge in [-0.3, -0.25) is 9.59 Å². The molecule has 8 heteroatoms. The summed E-state index contributed by atoms with van der Waals surface area (Å²) in [5.41, 5.74) is 8.31. The van der Waals surface area contributed by atoms with Gasteiger partial charge in [-0.15, -0.1) is 0 Å². The van der Waals surface area contributed by atoms with Crippen LogP contribution in [0.3, 0.4) is 0 Å². The zero-order chi connectivity index (χ0) is 19.9. The van der Waals surface area contributed by atoms with Crippen LogP contribution in [-0.2, 0) is 22.6 Å². The minimum Gasteiger partial charge on any atom is -0.494 e. The van der Waals surface area contributed by atoms with Gasteiger partial charge in [-0.25, -0.2) is 4.98 Å². The maximum atomic E-state index is 12.1. The first-order chi connectivity index (χ1) is 13.5. The number of nitrogens with one attached hydrogen (secondary N) is 2. The molecule has 8 nitrogen and oxygen atoms in total. The van der Waals surface area contributed by atoms with E-state index < -0.39 is 11.9 Å². The van der Waals surface area contributed by atoms with Gasteiger partial charge >= 0.3 is 5.97 Å². The Morgan fingerprint density at radius 2 is 2.18 bits per heavy atom. The number of carbonyl (C=O) groups is 2. The van der Waals surface area contributed by atoms with Gasteiger partial charge < -0.3 is 26.2 Å². The van der Waals surface area contributed by atoms with Crippen LogP contribution in [0.25, 0.3) is 0 Å². The van der Waals surface area contributed by atoms with Crippen LogP contribution in [0, 0.1) is 5.92 Å². The fourth-order valence-electron chi connectivity index (χ4n) is 3.14. The monoisotopic (exact) mass is 384 g/mol. The molecule has 1 aromatic carbocycles. The molecule has 0 radical (unpaired) electrons. The van der Waals surface area contributed by atoms with Crippen molar-refractivity contribution in [3.63, 3.8) is 0 Å². The van der Waals surface area contributed by atoms with E-state index >= 15 is 0 Å². The number of anilines is 2. The molecule has 148 valence electrons. The van der Waals surface area contributed by atoms with Crippen LogP contribution in [0.4, 0.5) is 11.5 Å². The number of ether oxygens (including phenoxy) is 1. The van der Waals surface area contributed by atoms with E-state index in [1.165, 1.54) is 0 Å². The van der Waals surface area contributed by atoms with Crippen molar-refractivity contribution >= 4 is 23.4 Å². The summed E-state index contributed by atoms with van der Waals surface area (Å²) in [6.07, 6.45) is 2.69. The SMILES string of the molecule is Nc1ccnc(NCCCOc2ccc3c(c2)CNC(=O)[C@@H](CC(=O)O)C3)c1.